The predicted molar refractivity (Wildman–Crippen MR) is 107 cm³/mol. The van der Waals surface area contributed by atoms with E-state index in [4.69, 9.17) is 52.0 Å². The quantitative estimate of drug-likeness (QED) is 0.312. The average molecular weight is 388 g/mol. The molecule has 0 aliphatic carbocycles. The van der Waals surface area contributed by atoms with Crippen LogP contribution >= 0.6 is 36.7 Å². The van der Waals surface area contributed by atoms with Crippen LogP contribution in [0.3, 0.4) is 0 Å². The van der Waals surface area contributed by atoms with Crippen LogP contribution in [0.15, 0.2) is 18.2 Å². The Bertz CT molecular complexity index is 503. The molecular weight excluding hydrogens is 366 g/mol. The minimum Gasteiger partial charge on any atom is -0.395 e. The molecule has 0 unspecified atom stereocenters. The highest BCUT2D eigenvalue weighted by Gasteiger charge is 2.11. The predicted octanol–water partition coefficient (Wildman–Crippen LogP) is -0.541. The Hall–Kier alpha value is -1.23. The number of rotatable bonds is 9. The van der Waals surface area contributed by atoms with Crippen molar-refractivity contribution in [2.24, 2.45) is 0 Å². The van der Waals surface area contributed by atoms with E-state index < -0.39 is 0 Å². The Balaban J connectivity index is 3.11. The maximum absolute atomic E-state index is 8.91. The average Bonchev–Trinajstić information content (AvgIpc) is 2.61. The number of aliphatic hydroxyl groups excluding tert-OH is 3. The Kier molecular flexibility index (Phi) is 9.84. The lowest BCUT2D eigenvalue weighted by Crippen LogP contribution is -2.30. The van der Waals surface area contributed by atoms with Gasteiger partial charge in [-0.25, -0.2) is 0 Å². The van der Waals surface area contributed by atoms with Crippen LogP contribution in [0.4, 0.5) is 0 Å². The standard InChI is InChI=1S/C15H21N3O3S3/c19-4-1-16-13(22)10-7-11(14(23)17-2-5-20)9-12(8-10)15(24)18-3-6-21/h7-9,19-21H,1-6H2,(H,16,22)(H,17,23)(H,18,24). The van der Waals surface area contributed by atoms with Crippen molar-refractivity contribution >= 4 is 51.6 Å². The van der Waals surface area contributed by atoms with Gasteiger partial charge in [0.1, 0.15) is 15.0 Å². The molecule has 1 rings (SSSR count). The molecule has 0 atom stereocenters. The topological polar surface area (TPSA) is 96.8 Å². The third kappa shape index (κ3) is 6.71. The van der Waals surface area contributed by atoms with Gasteiger partial charge >= 0.3 is 0 Å². The molecular formula is C15H21N3O3S3. The summed E-state index contributed by atoms with van der Waals surface area (Å²) in [6, 6.07) is 5.45. The first-order valence-corrected chi connectivity index (χ1v) is 8.58. The van der Waals surface area contributed by atoms with E-state index in [1.165, 1.54) is 0 Å². The lowest BCUT2D eigenvalue weighted by atomic mass is 10.0. The Labute approximate surface area is 157 Å². The molecule has 0 aromatic heterocycles. The lowest BCUT2D eigenvalue weighted by molar-refractivity contribution is 0.300. The summed E-state index contributed by atoms with van der Waals surface area (Å²) in [5.74, 6) is 0. The third-order valence-corrected chi connectivity index (χ3v) is 4.05. The zero-order valence-electron chi connectivity index (χ0n) is 13.0. The van der Waals surface area contributed by atoms with Crippen molar-refractivity contribution in [1.29, 1.82) is 0 Å². The van der Waals surface area contributed by atoms with Crippen molar-refractivity contribution in [3.8, 4) is 0 Å². The summed E-state index contributed by atoms with van der Waals surface area (Å²) in [7, 11) is 0. The van der Waals surface area contributed by atoms with Crippen molar-refractivity contribution in [3.05, 3.63) is 34.9 Å². The smallest absolute Gasteiger partial charge is 0.106 e. The lowest BCUT2D eigenvalue weighted by Gasteiger charge is -2.14. The van der Waals surface area contributed by atoms with Crippen molar-refractivity contribution in [3.63, 3.8) is 0 Å². The van der Waals surface area contributed by atoms with Gasteiger partial charge in [0.15, 0.2) is 0 Å². The van der Waals surface area contributed by atoms with Gasteiger partial charge in [-0.3, -0.25) is 0 Å². The van der Waals surface area contributed by atoms with Gasteiger partial charge in [0, 0.05) is 36.3 Å². The summed E-state index contributed by atoms with van der Waals surface area (Å²) in [5, 5.41) is 35.6. The van der Waals surface area contributed by atoms with E-state index in [9.17, 15) is 0 Å². The molecule has 9 heteroatoms. The van der Waals surface area contributed by atoms with Crippen molar-refractivity contribution in [2.75, 3.05) is 39.5 Å². The first-order chi connectivity index (χ1) is 11.5. The van der Waals surface area contributed by atoms with Gasteiger partial charge in [-0.2, -0.15) is 0 Å². The summed E-state index contributed by atoms with van der Waals surface area (Å²) < 4.78 is 0. The molecule has 0 spiro atoms. The van der Waals surface area contributed by atoms with Crippen LogP contribution in [0.5, 0.6) is 0 Å². The van der Waals surface area contributed by atoms with E-state index in [2.05, 4.69) is 16.0 Å². The third-order valence-electron chi connectivity index (χ3n) is 2.91. The first kappa shape index (κ1) is 20.8. The monoisotopic (exact) mass is 387 g/mol. The van der Waals surface area contributed by atoms with Gasteiger partial charge < -0.3 is 31.3 Å². The van der Waals surface area contributed by atoms with Crippen molar-refractivity contribution in [2.45, 2.75) is 0 Å². The van der Waals surface area contributed by atoms with Gasteiger partial charge in [-0.1, -0.05) is 36.7 Å². The first-order valence-electron chi connectivity index (χ1n) is 7.35. The number of hydrogen-bond donors (Lipinski definition) is 6. The maximum atomic E-state index is 8.91. The molecule has 24 heavy (non-hydrogen) atoms. The van der Waals surface area contributed by atoms with Crippen LogP contribution in [-0.4, -0.2) is 69.7 Å². The molecule has 0 amide bonds. The number of thiocarbonyl (C=S) groups is 3. The summed E-state index contributed by atoms with van der Waals surface area (Å²) in [6.07, 6.45) is 0. The number of hydrogen-bond acceptors (Lipinski definition) is 6. The molecule has 6 N–H and O–H groups in total. The largest absolute Gasteiger partial charge is 0.395 e. The molecule has 0 saturated carbocycles. The second-order valence-corrected chi connectivity index (χ2v) is 5.96. The van der Waals surface area contributed by atoms with Crippen LogP contribution in [0.2, 0.25) is 0 Å². The van der Waals surface area contributed by atoms with Gasteiger partial charge in [-0.05, 0) is 18.2 Å². The summed E-state index contributed by atoms with van der Waals surface area (Å²) in [4.78, 5) is 1.42. The fraction of sp³-hybridized carbons (Fsp3) is 0.400. The van der Waals surface area contributed by atoms with Gasteiger partial charge in [-0.15, -0.1) is 0 Å². The van der Waals surface area contributed by atoms with Crippen LogP contribution in [-0.2, 0) is 0 Å². The molecule has 1 aromatic rings. The summed E-state index contributed by atoms with van der Waals surface area (Å²) in [5.41, 5.74) is 2.15. The zero-order chi connectivity index (χ0) is 17.9. The van der Waals surface area contributed by atoms with Crippen molar-refractivity contribution in [1.82, 2.24) is 16.0 Å². The van der Waals surface area contributed by atoms with Gasteiger partial charge in [0.25, 0.3) is 0 Å². The van der Waals surface area contributed by atoms with E-state index in [1.807, 2.05) is 18.2 Å². The molecule has 0 aliphatic heterocycles. The summed E-state index contributed by atoms with van der Waals surface area (Å²) >= 11 is 16.0. The van der Waals surface area contributed by atoms with Crippen LogP contribution in [0, 0.1) is 0 Å². The highest BCUT2D eigenvalue weighted by atomic mass is 32.1. The minimum atomic E-state index is -0.0282. The second kappa shape index (κ2) is 11.3. The fourth-order valence-corrected chi connectivity index (χ4v) is 2.50. The molecule has 0 aliphatic rings. The number of nitrogens with one attached hydrogen (secondary N) is 3. The normalized spacial score (nSPS) is 10.1. The van der Waals surface area contributed by atoms with E-state index >= 15 is 0 Å². The highest BCUT2D eigenvalue weighted by Crippen LogP contribution is 2.13. The van der Waals surface area contributed by atoms with Crippen LogP contribution < -0.4 is 16.0 Å². The van der Waals surface area contributed by atoms with Gasteiger partial charge in [0.2, 0.25) is 0 Å². The molecule has 0 heterocycles. The zero-order valence-corrected chi connectivity index (χ0v) is 15.5. The Morgan fingerprint density at radius 2 is 0.875 bits per heavy atom. The second-order valence-electron chi connectivity index (χ2n) is 4.74. The fourth-order valence-electron chi connectivity index (χ4n) is 1.84. The van der Waals surface area contributed by atoms with E-state index in [1.54, 1.807) is 0 Å². The number of aliphatic hydroxyl groups is 3. The van der Waals surface area contributed by atoms with Crippen LogP contribution in [0.1, 0.15) is 16.7 Å². The molecule has 6 nitrogen and oxygen atoms in total. The molecule has 0 saturated heterocycles. The van der Waals surface area contributed by atoms with E-state index in [0.29, 0.717) is 51.3 Å². The van der Waals surface area contributed by atoms with E-state index in [-0.39, 0.29) is 19.8 Å². The molecule has 0 fully saturated rings. The van der Waals surface area contributed by atoms with Crippen molar-refractivity contribution < 1.29 is 15.3 Å². The van der Waals surface area contributed by atoms with Gasteiger partial charge in [0.05, 0.1) is 19.8 Å². The van der Waals surface area contributed by atoms with E-state index in [0.717, 1.165) is 0 Å². The molecule has 0 radical (unpaired) electrons. The Morgan fingerprint density at radius 1 is 0.625 bits per heavy atom. The number of benzene rings is 1. The molecule has 0 bridgehead atoms. The SMILES string of the molecule is OCCNC(=S)c1cc(C(=S)NCCO)cc(C(=S)NCCO)c1. The molecule has 1 aromatic carbocycles. The molecule has 132 valence electrons. The summed E-state index contributed by atoms with van der Waals surface area (Å²) in [6.45, 7) is 0.954. The highest BCUT2D eigenvalue weighted by molar-refractivity contribution is 7.81. The minimum absolute atomic E-state index is 0.0282. The maximum Gasteiger partial charge on any atom is 0.106 e. The van der Waals surface area contributed by atoms with Crippen LogP contribution in [0.25, 0.3) is 0 Å². The Morgan fingerprint density at radius 3 is 1.08 bits per heavy atom.